The average Bonchev–Trinajstić information content (AvgIpc) is 3.38. The minimum Gasteiger partial charge on any atom is -0.459 e. The molecule has 380 valence electrons. The van der Waals surface area contributed by atoms with Gasteiger partial charge in [0.05, 0.1) is 36.5 Å². The van der Waals surface area contributed by atoms with Crippen LogP contribution >= 0.6 is 34.8 Å². The van der Waals surface area contributed by atoms with Crippen LogP contribution in [0.5, 0.6) is 0 Å². The Balaban J connectivity index is 1.27. The van der Waals surface area contributed by atoms with E-state index >= 15 is 0 Å². The largest absolute Gasteiger partial charge is 0.459 e. The molecule has 3 N–H and O–H groups in total. The normalized spacial score (nSPS) is 24.0. The number of carbonyl (C=O) groups is 5. The number of nitrogens with one attached hydrogen (secondary N) is 2. The first-order valence-electron chi connectivity index (χ1n) is 22.7. The molecule has 20 heteroatoms. The fourth-order valence-electron chi connectivity index (χ4n) is 7.85. The van der Waals surface area contributed by atoms with Crippen molar-refractivity contribution in [3.8, 4) is 0 Å². The van der Waals surface area contributed by atoms with E-state index in [1.165, 1.54) is 43.3 Å². The Bertz CT molecular complexity index is 2530. The van der Waals surface area contributed by atoms with Crippen molar-refractivity contribution < 1.29 is 71.7 Å². The molecule has 2 aliphatic rings. The van der Waals surface area contributed by atoms with Crippen LogP contribution in [0.4, 0.5) is 4.79 Å². The highest BCUT2D eigenvalue weighted by molar-refractivity contribution is 6.67. The molecule has 72 heavy (non-hydrogen) atoms. The molecular formula is C52H51Cl3N2O15. The summed E-state index contributed by atoms with van der Waals surface area (Å²) >= 11 is 17.8. The third-order valence-electron chi connectivity index (χ3n) is 11.2. The van der Waals surface area contributed by atoms with E-state index in [9.17, 15) is 29.1 Å². The maximum Gasteiger partial charge on any atom is 0.407 e. The van der Waals surface area contributed by atoms with Crippen molar-refractivity contribution in [2.45, 2.75) is 85.2 Å². The third-order valence-corrected chi connectivity index (χ3v) is 11.5. The Kier molecular flexibility index (Phi) is 19.4. The second-order valence-corrected chi connectivity index (χ2v) is 19.0. The number of benzene rings is 5. The molecule has 0 aromatic heterocycles. The molecule has 1 unspecified atom stereocenters. The summed E-state index contributed by atoms with van der Waals surface area (Å²) in [5.41, 5.74) is 1.88. The number of aliphatic hydroxyl groups is 1. The van der Waals surface area contributed by atoms with Crippen molar-refractivity contribution in [1.29, 1.82) is 0 Å². The molecule has 0 radical (unpaired) electrons. The molecule has 0 bridgehead atoms. The van der Waals surface area contributed by atoms with Crippen LogP contribution in [0.25, 0.3) is 0 Å². The van der Waals surface area contributed by atoms with Crippen molar-refractivity contribution in [3.05, 3.63) is 179 Å². The van der Waals surface area contributed by atoms with Gasteiger partial charge in [-0.05, 0) is 47.5 Å². The zero-order valence-corrected chi connectivity index (χ0v) is 40.8. The summed E-state index contributed by atoms with van der Waals surface area (Å²) in [7, 11) is 0. The number of hydrogen-bond donors (Lipinski definition) is 3. The van der Waals surface area contributed by atoms with E-state index in [0.717, 1.165) is 11.1 Å². The number of ether oxygens (including phenoxy) is 9. The number of alkyl carbamates (subject to hydrolysis) is 1. The molecule has 0 aliphatic carbocycles. The zero-order valence-electron chi connectivity index (χ0n) is 38.5. The summed E-state index contributed by atoms with van der Waals surface area (Å²) in [5, 5.41) is 16.9. The second-order valence-electron chi connectivity index (χ2n) is 16.5. The first-order valence-corrected chi connectivity index (χ1v) is 23.8. The van der Waals surface area contributed by atoms with E-state index in [4.69, 9.17) is 77.4 Å². The molecule has 7 rings (SSSR count). The Morgan fingerprint density at radius 3 is 1.49 bits per heavy atom. The van der Waals surface area contributed by atoms with Gasteiger partial charge in [0.1, 0.15) is 49.7 Å². The van der Waals surface area contributed by atoms with Gasteiger partial charge in [-0.15, -0.1) is 0 Å². The minimum absolute atomic E-state index is 0.0133. The van der Waals surface area contributed by atoms with Gasteiger partial charge in [0.25, 0.3) is 0 Å². The van der Waals surface area contributed by atoms with Crippen molar-refractivity contribution in [2.75, 3.05) is 19.8 Å². The topological polar surface area (TPSA) is 213 Å². The van der Waals surface area contributed by atoms with Gasteiger partial charge in [-0.2, -0.15) is 0 Å². The van der Waals surface area contributed by atoms with Crippen LogP contribution in [-0.2, 0) is 60.6 Å². The number of carbonyl (C=O) groups excluding carboxylic acids is 5. The fourth-order valence-corrected chi connectivity index (χ4v) is 8.02. The summed E-state index contributed by atoms with van der Waals surface area (Å²) < 4.78 is 53.4. The summed E-state index contributed by atoms with van der Waals surface area (Å²) in [6, 6.07) is 39.3. The van der Waals surface area contributed by atoms with Crippen molar-refractivity contribution >= 4 is 64.7 Å². The lowest BCUT2D eigenvalue weighted by molar-refractivity contribution is -0.305. The van der Waals surface area contributed by atoms with Crippen molar-refractivity contribution in [1.82, 2.24) is 10.6 Å². The maximum atomic E-state index is 14.1. The highest BCUT2D eigenvalue weighted by Gasteiger charge is 2.54. The molecule has 2 amide bonds. The zero-order chi connectivity index (χ0) is 51.0. The van der Waals surface area contributed by atoms with Gasteiger partial charge in [0, 0.05) is 6.92 Å². The predicted molar refractivity (Wildman–Crippen MR) is 260 cm³/mol. The first kappa shape index (κ1) is 53.7. The van der Waals surface area contributed by atoms with Crippen molar-refractivity contribution in [2.24, 2.45) is 0 Å². The molecule has 10 atom stereocenters. The number of rotatable bonds is 19. The number of hydrogen-bond acceptors (Lipinski definition) is 15. The van der Waals surface area contributed by atoms with Crippen LogP contribution in [-0.4, -0.2) is 120 Å². The molecule has 0 saturated carbocycles. The van der Waals surface area contributed by atoms with E-state index in [1.54, 1.807) is 54.6 Å². The van der Waals surface area contributed by atoms with Gasteiger partial charge >= 0.3 is 24.0 Å². The van der Waals surface area contributed by atoms with Crippen LogP contribution < -0.4 is 10.6 Å². The average molecular weight is 1050 g/mol. The summed E-state index contributed by atoms with van der Waals surface area (Å²) in [6.45, 7) is -0.567. The molecule has 2 fully saturated rings. The van der Waals surface area contributed by atoms with Crippen LogP contribution in [0.15, 0.2) is 152 Å². The van der Waals surface area contributed by atoms with Crippen molar-refractivity contribution in [3.63, 3.8) is 0 Å². The van der Waals surface area contributed by atoms with E-state index in [2.05, 4.69) is 10.6 Å². The summed E-state index contributed by atoms with van der Waals surface area (Å²) in [6.07, 6.45) is -12.9. The SMILES string of the molecule is CC(=O)N[C@@H]1[C@@H](OCc2ccccc2)[C@H](OCc2ccccc2)[C@@H](COC2O[C@H](COC(=O)c3ccccc3)[C@@H](OC(=O)c3ccccc3)[C@H](OC(=O)c3ccccc3)[C@H]2NC(=O)OCC(Cl)(Cl)Cl)O[C@@H]1O. The smallest absolute Gasteiger partial charge is 0.407 e. The van der Waals surface area contributed by atoms with Gasteiger partial charge in [0.2, 0.25) is 9.70 Å². The molecule has 5 aromatic carbocycles. The van der Waals surface area contributed by atoms with E-state index in [1.807, 2.05) is 60.7 Å². The van der Waals surface area contributed by atoms with E-state index in [0.29, 0.717) is 0 Å². The lowest BCUT2D eigenvalue weighted by atomic mass is 9.95. The number of amides is 2. The molecular weight excluding hydrogens is 999 g/mol. The van der Waals surface area contributed by atoms with E-state index < -0.39 is 115 Å². The fraction of sp³-hybridized carbons (Fsp3) is 0.327. The lowest BCUT2D eigenvalue weighted by Crippen LogP contribution is -2.68. The van der Waals surface area contributed by atoms with E-state index in [-0.39, 0.29) is 29.9 Å². The highest BCUT2D eigenvalue weighted by Crippen LogP contribution is 2.33. The minimum atomic E-state index is -2.06. The lowest BCUT2D eigenvalue weighted by Gasteiger charge is -2.47. The molecule has 2 saturated heterocycles. The van der Waals surface area contributed by atoms with Gasteiger partial charge in [-0.1, -0.05) is 150 Å². The standard InChI is InChI=1S/C52H51Cl3N2O15/c1-32(58)56-40-44(65-28-34-19-9-3-10-20-34)42(64-27-33-17-7-2-8-18-33)38(69-49(40)62)30-67-50-41(57-51(63)68-31-52(53,54)55)45(72-48(61)37-25-15-6-16-26-37)43(71-47(60)36-23-13-5-14-24-36)39(70-50)29-66-46(59)35-21-11-4-12-22-35/h2-26,38-45,49-50,62H,27-31H2,1H3,(H,56,58)(H,57,63)/t38-,39-,40-,41-,42-,43-,44-,45-,49+,50?/m1/s1. The third kappa shape index (κ3) is 15.4. The Labute approximate surface area is 429 Å². The molecule has 2 aliphatic heterocycles. The van der Waals surface area contributed by atoms with Gasteiger partial charge < -0.3 is 58.4 Å². The van der Waals surface area contributed by atoms with Crippen LogP contribution in [0.3, 0.4) is 0 Å². The maximum absolute atomic E-state index is 14.1. The Hall–Kier alpha value is -6.12. The number of alkyl halides is 3. The second kappa shape index (κ2) is 26.0. The van der Waals surface area contributed by atoms with Crippen LogP contribution in [0.2, 0.25) is 0 Å². The summed E-state index contributed by atoms with van der Waals surface area (Å²) in [5.74, 6) is -3.11. The summed E-state index contributed by atoms with van der Waals surface area (Å²) in [4.78, 5) is 67.9. The number of halogens is 3. The predicted octanol–water partition coefficient (Wildman–Crippen LogP) is 6.89. The first-order chi connectivity index (χ1) is 34.7. The molecule has 5 aromatic rings. The Morgan fingerprint density at radius 2 is 0.986 bits per heavy atom. The number of aliphatic hydroxyl groups excluding tert-OH is 1. The molecule has 0 spiro atoms. The highest BCUT2D eigenvalue weighted by atomic mass is 35.6. The van der Waals surface area contributed by atoms with Crippen LogP contribution in [0.1, 0.15) is 49.1 Å². The number of esters is 3. The van der Waals surface area contributed by atoms with Gasteiger partial charge in [0.15, 0.2) is 24.8 Å². The van der Waals surface area contributed by atoms with Crippen LogP contribution in [0, 0.1) is 0 Å². The Morgan fingerprint density at radius 1 is 0.528 bits per heavy atom. The van der Waals surface area contributed by atoms with Gasteiger partial charge in [-0.25, -0.2) is 19.2 Å². The monoisotopic (exact) mass is 1050 g/mol. The molecule has 17 nitrogen and oxygen atoms in total. The van der Waals surface area contributed by atoms with Gasteiger partial charge in [-0.3, -0.25) is 4.79 Å². The quantitative estimate of drug-likeness (QED) is 0.0436. The molecule has 2 heterocycles.